The molecule has 1 saturated carbocycles. The Kier molecular flexibility index (Phi) is 10.7. The minimum absolute atomic E-state index is 0. The van der Waals surface area contributed by atoms with Crippen LogP contribution in [0.5, 0.6) is 5.75 Å². The van der Waals surface area contributed by atoms with Gasteiger partial charge in [0.05, 0.1) is 0 Å². The molecular formula is C24H32FIN4O2. The van der Waals surface area contributed by atoms with E-state index in [1.165, 1.54) is 6.07 Å². The van der Waals surface area contributed by atoms with Crippen molar-refractivity contribution < 1.29 is 13.9 Å². The molecule has 6 nitrogen and oxygen atoms in total. The highest BCUT2D eigenvalue weighted by Gasteiger charge is 2.23. The van der Waals surface area contributed by atoms with Crippen LogP contribution in [-0.4, -0.2) is 49.6 Å². The summed E-state index contributed by atoms with van der Waals surface area (Å²) in [5.41, 5.74) is 2.04. The predicted octanol–water partition coefficient (Wildman–Crippen LogP) is 3.74. The van der Waals surface area contributed by atoms with Crippen molar-refractivity contribution in [3.05, 3.63) is 65.5 Å². The van der Waals surface area contributed by atoms with Crippen LogP contribution >= 0.6 is 24.0 Å². The van der Waals surface area contributed by atoms with Gasteiger partial charge in [-0.2, -0.15) is 0 Å². The van der Waals surface area contributed by atoms with Crippen molar-refractivity contribution in [2.24, 2.45) is 4.99 Å². The second kappa shape index (κ2) is 13.2. The average Bonchev–Trinajstić information content (AvgIpc) is 3.56. The third-order valence-electron chi connectivity index (χ3n) is 4.90. The smallest absolute Gasteiger partial charge is 0.258 e. The molecule has 0 aliphatic heterocycles. The van der Waals surface area contributed by atoms with Crippen LogP contribution in [-0.2, 0) is 17.8 Å². The molecule has 2 aromatic rings. The Morgan fingerprint density at radius 1 is 1.19 bits per heavy atom. The maximum Gasteiger partial charge on any atom is 0.258 e. The molecule has 0 aromatic heterocycles. The van der Waals surface area contributed by atoms with Crippen molar-refractivity contribution in [3.8, 4) is 5.75 Å². The van der Waals surface area contributed by atoms with Crippen LogP contribution in [0.15, 0.2) is 53.5 Å². The zero-order valence-corrected chi connectivity index (χ0v) is 21.0. The van der Waals surface area contributed by atoms with Crippen LogP contribution in [0.3, 0.4) is 0 Å². The number of hydrogen-bond acceptors (Lipinski definition) is 3. The van der Waals surface area contributed by atoms with E-state index in [-0.39, 0.29) is 42.3 Å². The Morgan fingerprint density at radius 2 is 1.94 bits per heavy atom. The van der Waals surface area contributed by atoms with E-state index in [2.05, 4.69) is 10.6 Å². The van der Waals surface area contributed by atoms with Crippen LogP contribution in [0.25, 0.3) is 0 Å². The van der Waals surface area contributed by atoms with E-state index >= 15 is 0 Å². The van der Waals surface area contributed by atoms with Crippen molar-refractivity contribution >= 4 is 35.8 Å². The lowest BCUT2D eigenvalue weighted by atomic mass is 10.1. The van der Waals surface area contributed by atoms with Gasteiger partial charge in [-0.3, -0.25) is 9.79 Å². The molecule has 8 heteroatoms. The first kappa shape index (κ1) is 25.9. The number of hydrogen-bond donors (Lipinski definition) is 2. The summed E-state index contributed by atoms with van der Waals surface area (Å²) in [5.74, 6) is 1.16. The van der Waals surface area contributed by atoms with Gasteiger partial charge in [0.15, 0.2) is 12.6 Å². The standard InChI is InChI=1S/C24H31FN4O2.HI/c1-3-26-24(29(2)16-19-5-4-6-20(25)15-19)27-14-13-18-7-11-22(12-8-18)31-17-23(30)28-21-9-10-21;/h4-8,11-12,15,21H,3,9-10,13-14,16-17H2,1-2H3,(H,26,27)(H,28,30);1H. The average molecular weight is 554 g/mol. The SMILES string of the molecule is CCNC(=NCCc1ccc(OCC(=O)NC2CC2)cc1)N(C)Cc1cccc(F)c1.I. The molecule has 1 aliphatic rings. The molecule has 1 fully saturated rings. The Morgan fingerprint density at radius 3 is 2.59 bits per heavy atom. The Hall–Kier alpha value is -2.36. The number of guanidine groups is 1. The van der Waals surface area contributed by atoms with Crippen LogP contribution in [0.2, 0.25) is 0 Å². The topological polar surface area (TPSA) is 66.0 Å². The maximum atomic E-state index is 13.4. The molecule has 2 aromatic carbocycles. The van der Waals surface area contributed by atoms with Gasteiger partial charge in [-0.15, -0.1) is 24.0 Å². The number of rotatable bonds is 10. The van der Waals surface area contributed by atoms with Crippen LogP contribution in [0.1, 0.15) is 30.9 Å². The van der Waals surface area contributed by atoms with Crippen molar-refractivity contribution in [2.75, 3.05) is 26.7 Å². The Bertz CT molecular complexity index is 888. The van der Waals surface area contributed by atoms with Crippen molar-refractivity contribution in [1.82, 2.24) is 15.5 Å². The van der Waals surface area contributed by atoms with Gasteiger partial charge in [0, 0.05) is 32.7 Å². The summed E-state index contributed by atoms with van der Waals surface area (Å²) in [7, 11) is 1.94. The minimum Gasteiger partial charge on any atom is -0.484 e. The number of halogens is 2. The largest absolute Gasteiger partial charge is 0.484 e. The summed E-state index contributed by atoms with van der Waals surface area (Å²) in [6, 6.07) is 14.7. The molecule has 0 saturated heterocycles. The third kappa shape index (κ3) is 9.02. The quantitative estimate of drug-likeness (QED) is 0.267. The molecule has 0 radical (unpaired) electrons. The molecule has 0 spiro atoms. The normalized spacial score (nSPS) is 13.2. The molecule has 0 bridgehead atoms. The zero-order chi connectivity index (χ0) is 22.1. The fourth-order valence-electron chi connectivity index (χ4n) is 3.14. The molecule has 1 aliphatic carbocycles. The highest BCUT2D eigenvalue weighted by Crippen LogP contribution is 2.18. The second-order valence-corrected chi connectivity index (χ2v) is 7.75. The number of nitrogens with one attached hydrogen (secondary N) is 2. The Labute approximate surface area is 206 Å². The van der Waals surface area contributed by atoms with Gasteiger partial charge in [0.2, 0.25) is 0 Å². The van der Waals surface area contributed by atoms with Crippen molar-refractivity contribution in [1.29, 1.82) is 0 Å². The molecule has 174 valence electrons. The fraction of sp³-hybridized carbons (Fsp3) is 0.417. The van der Waals surface area contributed by atoms with Crippen LogP contribution in [0, 0.1) is 5.82 Å². The minimum atomic E-state index is -0.233. The molecule has 0 unspecified atom stereocenters. The van der Waals surface area contributed by atoms with E-state index in [0.29, 0.717) is 24.9 Å². The first-order chi connectivity index (χ1) is 15.0. The number of aliphatic imine (C=N–C) groups is 1. The van der Waals surface area contributed by atoms with Gasteiger partial charge in [-0.25, -0.2) is 4.39 Å². The molecule has 0 heterocycles. The maximum absolute atomic E-state index is 13.4. The van der Waals surface area contributed by atoms with Crippen molar-refractivity contribution in [2.45, 2.75) is 38.8 Å². The Balaban J connectivity index is 0.00000363. The number of benzene rings is 2. The van der Waals surface area contributed by atoms with Gasteiger partial charge in [-0.1, -0.05) is 24.3 Å². The highest BCUT2D eigenvalue weighted by atomic mass is 127. The summed E-state index contributed by atoms with van der Waals surface area (Å²) < 4.78 is 19.0. The summed E-state index contributed by atoms with van der Waals surface area (Å²) in [5, 5.41) is 6.19. The van der Waals surface area contributed by atoms with E-state index in [1.54, 1.807) is 12.1 Å². The monoisotopic (exact) mass is 554 g/mol. The third-order valence-corrected chi connectivity index (χ3v) is 4.90. The zero-order valence-electron chi connectivity index (χ0n) is 18.6. The van der Waals surface area contributed by atoms with E-state index in [1.807, 2.05) is 49.2 Å². The number of ether oxygens (including phenoxy) is 1. The number of nitrogens with zero attached hydrogens (tertiary/aromatic N) is 2. The van der Waals surface area contributed by atoms with Crippen molar-refractivity contribution in [3.63, 3.8) is 0 Å². The van der Waals surface area contributed by atoms with Crippen LogP contribution < -0.4 is 15.4 Å². The molecule has 3 rings (SSSR count). The highest BCUT2D eigenvalue weighted by molar-refractivity contribution is 14.0. The fourth-order valence-corrected chi connectivity index (χ4v) is 3.14. The molecule has 2 N–H and O–H groups in total. The number of amides is 1. The summed E-state index contributed by atoms with van der Waals surface area (Å²) >= 11 is 0. The number of carbonyl (C=O) groups is 1. The lowest BCUT2D eigenvalue weighted by Crippen LogP contribution is -2.38. The summed E-state index contributed by atoms with van der Waals surface area (Å²) in [6.07, 6.45) is 2.92. The summed E-state index contributed by atoms with van der Waals surface area (Å²) in [4.78, 5) is 18.4. The lowest BCUT2D eigenvalue weighted by molar-refractivity contribution is -0.123. The van der Waals surface area contributed by atoms with Crippen LogP contribution in [0.4, 0.5) is 4.39 Å². The molecular weight excluding hydrogens is 522 g/mol. The van der Waals surface area contributed by atoms with Gasteiger partial charge < -0.3 is 20.3 Å². The molecule has 1 amide bonds. The van der Waals surface area contributed by atoms with Gasteiger partial charge >= 0.3 is 0 Å². The van der Waals surface area contributed by atoms with Gasteiger partial charge in [-0.05, 0) is 61.6 Å². The predicted molar refractivity (Wildman–Crippen MR) is 136 cm³/mol. The lowest BCUT2D eigenvalue weighted by Gasteiger charge is -2.22. The second-order valence-electron chi connectivity index (χ2n) is 7.75. The van der Waals surface area contributed by atoms with E-state index in [0.717, 1.165) is 42.9 Å². The molecule has 0 atom stereocenters. The first-order valence-electron chi connectivity index (χ1n) is 10.8. The molecule has 32 heavy (non-hydrogen) atoms. The van der Waals surface area contributed by atoms with Gasteiger partial charge in [0.25, 0.3) is 5.91 Å². The first-order valence-corrected chi connectivity index (χ1v) is 10.8. The number of carbonyl (C=O) groups excluding carboxylic acids is 1. The van der Waals surface area contributed by atoms with E-state index < -0.39 is 0 Å². The van der Waals surface area contributed by atoms with E-state index in [4.69, 9.17) is 9.73 Å². The van der Waals surface area contributed by atoms with E-state index in [9.17, 15) is 9.18 Å². The summed E-state index contributed by atoms with van der Waals surface area (Å²) in [6.45, 7) is 4.02. The van der Waals surface area contributed by atoms with Gasteiger partial charge in [0.1, 0.15) is 11.6 Å².